The van der Waals surface area contributed by atoms with Crippen molar-refractivity contribution in [3.05, 3.63) is 53.4 Å². The maximum atomic E-state index is 12.4. The van der Waals surface area contributed by atoms with E-state index in [4.69, 9.17) is 0 Å². The molecule has 0 spiro atoms. The zero-order valence-corrected chi connectivity index (χ0v) is 13.7. The predicted octanol–water partition coefficient (Wildman–Crippen LogP) is 1.23. The Labute approximate surface area is 137 Å². The molecule has 0 radical (unpaired) electrons. The third-order valence-electron chi connectivity index (χ3n) is 2.46. The molecule has 0 heterocycles. The van der Waals surface area contributed by atoms with Crippen molar-refractivity contribution in [3.8, 4) is 0 Å². The van der Waals surface area contributed by atoms with Gasteiger partial charge in [0, 0.05) is 0 Å². The van der Waals surface area contributed by atoms with E-state index in [2.05, 4.69) is 24.3 Å². The molecule has 0 N–H and O–H groups in total. The molecule has 21 heavy (non-hydrogen) atoms. The summed E-state index contributed by atoms with van der Waals surface area (Å²) in [6, 6.07) is 0. The minimum Gasteiger partial charge on any atom is -1.00 e. The summed E-state index contributed by atoms with van der Waals surface area (Å²) in [7, 11) is 0. The Morgan fingerprint density at radius 2 is 0.810 bits per heavy atom. The Hall–Kier alpha value is -0.672. The molecule has 0 unspecified atom stereocenters. The molecule has 0 aromatic heterocycles. The number of benzene rings is 1. The van der Waals surface area contributed by atoms with Gasteiger partial charge in [-0.1, -0.05) is 24.3 Å². The van der Waals surface area contributed by atoms with E-state index in [0.717, 1.165) is 19.8 Å². The molecule has 0 fully saturated rings. The smallest absolute Gasteiger partial charge is 1.00 e. The van der Waals surface area contributed by atoms with Crippen molar-refractivity contribution in [3.63, 3.8) is 0 Å². The van der Waals surface area contributed by atoms with Gasteiger partial charge < -0.3 is 12.4 Å². The Kier molecular flexibility index (Phi) is 9.80. The van der Waals surface area contributed by atoms with Gasteiger partial charge in [0.2, 0.25) is 0 Å². The third-order valence-corrected chi connectivity index (χ3v) is 3.46. The van der Waals surface area contributed by atoms with Crippen LogP contribution in [0, 0.1) is 29.1 Å². The maximum Gasteiger partial charge on any atom is -1.00 e. The number of hydrogen-bond acceptors (Lipinski definition) is 0. The molecule has 0 saturated heterocycles. The van der Waals surface area contributed by atoms with E-state index in [1.807, 2.05) is 0 Å². The molecule has 0 aliphatic heterocycles. The first-order valence-corrected chi connectivity index (χ1v) is 7.04. The SMILES string of the molecule is C1=C\CC/C=C\CC/1.Fc1c(F)c(F)[c]([Pt+])c(F)c1F.[Cl-]. The molecular formula is C14H12ClF5Pt. The van der Waals surface area contributed by atoms with Crippen molar-refractivity contribution in [1.82, 2.24) is 0 Å². The summed E-state index contributed by atoms with van der Waals surface area (Å²) in [4.78, 5) is 0. The fourth-order valence-electron chi connectivity index (χ4n) is 1.42. The van der Waals surface area contributed by atoms with E-state index in [-0.39, 0.29) is 12.4 Å². The topological polar surface area (TPSA) is 0 Å². The van der Waals surface area contributed by atoms with Crippen LogP contribution >= 0.6 is 0 Å². The Balaban J connectivity index is 0.000000390. The van der Waals surface area contributed by atoms with Crippen molar-refractivity contribution >= 4 is 3.95 Å². The zero-order valence-electron chi connectivity index (χ0n) is 10.7. The molecule has 7 heteroatoms. The van der Waals surface area contributed by atoms with Gasteiger partial charge in [-0.2, -0.15) is 0 Å². The average Bonchev–Trinajstić information content (AvgIpc) is 2.41. The number of allylic oxidation sites excluding steroid dienone is 4. The van der Waals surface area contributed by atoms with E-state index in [1.165, 1.54) is 25.7 Å². The molecule has 0 amide bonds. The molecule has 1 aliphatic carbocycles. The minimum absolute atomic E-state index is 0. The molecule has 2 rings (SSSR count). The van der Waals surface area contributed by atoms with Crippen molar-refractivity contribution in [2.24, 2.45) is 0 Å². The predicted molar refractivity (Wildman–Crippen MR) is 62.6 cm³/mol. The largest absolute Gasteiger partial charge is 1.00 e. The molecule has 1 aliphatic rings. The quantitative estimate of drug-likeness (QED) is 0.215. The van der Waals surface area contributed by atoms with Crippen LogP contribution in [0.1, 0.15) is 25.7 Å². The molecule has 0 atom stereocenters. The second kappa shape index (κ2) is 10.1. The zero-order chi connectivity index (χ0) is 15.1. The fraction of sp³-hybridized carbons (Fsp3) is 0.286. The minimum atomic E-state index is -2.13. The fourth-order valence-corrected chi connectivity index (χ4v) is 1.92. The van der Waals surface area contributed by atoms with Gasteiger partial charge in [-0.15, -0.1) is 0 Å². The van der Waals surface area contributed by atoms with E-state index in [0.29, 0.717) is 0 Å². The first kappa shape index (κ1) is 20.3. The molecule has 120 valence electrons. The standard InChI is InChI=1S/C8H12.C6F5.ClH.Pt/c1-2-4-6-8-7-5-3-1;7-2-1-3(8)5(10)6(11)4(2)9;;/h1-2,7-8H,3-6H2;;1H;/q;;;+1/p-1/b2-1-,8-7-;;;. The number of rotatable bonds is 0. The third kappa shape index (κ3) is 5.91. The van der Waals surface area contributed by atoms with E-state index < -0.39 is 33.0 Å². The van der Waals surface area contributed by atoms with E-state index >= 15 is 0 Å². The van der Waals surface area contributed by atoms with Gasteiger partial charge in [0.1, 0.15) is 0 Å². The Bertz CT molecular complexity index is 398. The van der Waals surface area contributed by atoms with Crippen molar-refractivity contribution in [2.45, 2.75) is 25.7 Å². The molecule has 0 saturated carbocycles. The van der Waals surface area contributed by atoms with Crippen LogP contribution in [0.15, 0.2) is 24.3 Å². The molecule has 1 aromatic rings. The van der Waals surface area contributed by atoms with Crippen LogP contribution in [0.5, 0.6) is 0 Å². The monoisotopic (exact) mass is 505 g/mol. The summed E-state index contributed by atoms with van der Waals surface area (Å²) >= 11 is 1.02. The van der Waals surface area contributed by atoms with E-state index in [9.17, 15) is 22.0 Å². The van der Waals surface area contributed by atoms with Crippen molar-refractivity contribution in [2.75, 3.05) is 0 Å². The second-order valence-electron chi connectivity index (χ2n) is 3.95. The second-order valence-corrected chi connectivity index (χ2v) is 5.09. The van der Waals surface area contributed by atoms with Crippen LogP contribution in [-0.2, 0) is 19.8 Å². The first-order valence-electron chi connectivity index (χ1n) is 5.90. The van der Waals surface area contributed by atoms with Crippen LogP contribution in [0.2, 0.25) is 0 Å². The van der Waals surface area contributed by atoms with Crippen LogP contribution in [-0.4, -0.2) is 0 Å². The van der Waals surface area contributed by atoms with Gasteiger partial charge in [-0.05, 0) is 25.7 Å². The maximum absolute atomic E-state index is 12.4. The summed E-state index contributed by atoms with van der Waals surface area (Å²) < 4.78 is 60.7. The van der Waals surface area contributed by atoms with Crippen molar-refractivity contribution < 1.29 is 54.2 Å². The molecular weight excluding hydrogens is 494 g/mol. The van der Waals surface area contributed by atoms with Gasteiger partial charge in [0.25, 0.3) is 0 Å². The summed E-state index contributed by atoms with van der Waals surface area (Å²) in [6.07, 6.45) is 14.0. The van der Waals surface area contributed by atoms with Crippen LogP contribution in [0.3, 0.4) is 0 Å². The Morgan fingerprint density at radius 1 is 0.571 bits per heavy atom. The number of halogens is 6. The summed E-state index contributed by atoms with van der Waals surface area (Å²) in [5.41, 5.74) is 0. The normalized spacial score (nSPS) is 16.7. The summed E-state index contributed by atoms with van der Waals surface area (Å²) in [5, 5.41) is 0. The Morgan fingerprint density at radius 3 is 1.10 bits per heavy atom. The van der Waals surface area contributed by atoms with Gasteiger partial charge in [0.15, 0.2) is 0 Å². The summed E-state index contributed by atoms with van der Waals surface area (Å²) in [6.45, 7) is 0. The average molecular weight is 506 g/mol. The number of hydrogen-bond donors (Lipinski definition) is 0. The van der Waals surface area contributed by atoms with Gasteiger partial charge in [-0.3, -0.25) is 0 Å². The van der Waals surface area contributed by atoms with Gasteiger partial charge in [-0.25, -0.2) is 0 Å². The van der Waals surface area contributed by atoms with Gasteiger partial charge in [0.05, 0.1) is 0 Å². The summed E-state index contributed by atoms with van der Waals surface area (Å²) in [5.74, 6) is -9.57. The van der Waals surface area contributed by atoms with Crippen molar-refractivity contribution in [1.29, 1.82) is 0 Å². The van der Waals surface area contributed by atoms with Crippen LogP contribution < -0.4 is 16.4 Å². The van der Waals surface area contributed by atoms with E-state index in [1.54, 1.807) is 0 Å². The first-order chi connectivity index (χ1) is 9.46. The van der Waals surface area contributed by atoms with Gasteiger partial charge >= 0.3 is 74.8 Å². The molecule has 1 aromatic carbocycles. The van der Waals surface area contributed by atoms with Crippen LogP contribution in [0.4, 0.5) is 22.0 Å². The van der Waals surface area contributed by atoms with Crippen LogP contribution in [0.25, 0.3) is 0 Å². The molecule has 0 nitrogen and oxygen atoms in total. The molecule has 0 bridgehead atoms.